The van der Waals surface area contributed by atoms with Crippen LogP contribution in [0.3, 0.4) is 0 Å². The Kier molecular flexibility index (Phi) is 6.03. The number of aliphatic hydroxyl groups is 3. The molecule has 2 aromatic heterocycles. The number of piperidine rings is 1. The van der Waals surface area contributed by atoms with Gasteiger partial charge in [0.2, 0.25) is 0 Å². The molecule has 32 heavy (non-hydrogen) atoms. The third-order valence-electron chi connectivity index (χ3n) is 6.33. The molecule has 5 rings (SSSR count). The number of imidazole rings is 1. The first-order chi connectivity index (χ1) is 15.6. The van der Waals surface area contributed by atoms with Crippen LogP contribution in [0.25, 0.3) is 11.2 Å². The van der Waals surface area contributed by atoms with Gasteiger partial charge in [0.25, 0.3) is 0 Å². The Morgan fingerprint density at radius 1 is 1.03 bits per heavy atom. The van der Waals surface area contributed by atoms with E-state index in [9.17, 15) is 15.3 Å². The lowest BCUT2D eigenvalue weighted by Crippen LogP contribution is -2.38. The normalized spacial score (nSPS) is 27.2. The highest BCUT2D eigenvalue weighted by atomic mass is 16.6. The molecule has 2 aliphatic rings. The summed E-state index contributed by atoms with van der Waals surface area (Å²) < 4.78 is 7.20. The van der Waals surface area contributed by atoms with E-state index in [0.29, 0.717) is 17.0 Å². The lowest BCUT2D eigenvalue weighted by atomic mass is 10.0. The quantitative estimate of drug-likeness (QED) is 0.433. The third kappa shape index (κ3) is 4.07. The van der Waals surface area contributed by atoms with E-state index in [4.69, 9.17) is 4.74 Å². The number of nitrogens with zero attached hydrogens (tertiary/aromatic N) is 5. The van der Waals surface area contributed by atoms with Crippen LogP contribution in [0, 0.1) is 0 Å². The molecule has 10 nitrogen and oxygen atoms in total. The van der Waals surface area contributed by atoms with Gasteiger partial charge in [0.1, 0.15) is 24.6 Å². The standard InChI is InChI=1S/C22H28N6O4/c29-11-16-18(30)19(31)22(32-16)28-13-25-17-20(23-12-24-21(17)28)26-15-6-8-27(9-7-15)10-14-4-2-1-3-5-14/h1-5,12-13,15-16,18-19,22,29-31H,6-11H2,(H,23,24,26)/t16-,18-,19-,22-/m1/s1. The zero-order valence-corrected chi connectivity index (χ0v) is 17.7. The zero-order valence-electron chi connectivity index (χ0n) is 17.7. The first-order valence-corrected chi connectivity index (χ1v) is 11.0. The monoisotopic (exact) mass is 440 g/mol. The maximum atomic E-state index is 10.4. The summed E-state index contributed by atoms with van der Waals surface area (Å²) in [6, 6.07) is 10.8. The molecule has 0 radical (unpaired) electrons. The van der Waals surface area contributed by atoms with Crippen LogP contribution in [0.1, 0.15) is 24.6 Å². The molecule has 1 aromatic carbocycles. The van der Waals surface area contributed by atoms with E-state index in [0.717, 1.165) is 32.5 Å². The van der Waals surface area contributed by atoms with Crippen molar-refractivity contribution >= 4 is 17.0 Å². The highest BCUT2D eigenvalue weighted by Gasteiger charge is 2.44. The number of anilines is 1. The molecule has 0 saturated carbocycles. The molecule has 0 amide bonds. The number of likely N-dealkylation sites (tertiary alicyclic amines) is 1. The van der Waals surface area contributed by atoms with Crippen molar-refractivity contribution in [2.24, 2.45) is 0 Å². The summed E-state index contributed by atoms with van der Waals surface area (Å²) in [7, 11) is 0. The fourth-order valence-corrected chi connectivity index (χ4v) is 4.52. The Hall–Kier alpha value is -2.63. The number of hydrogen-bond acceptors (Lipinski definition) is 9. The van der Waals surface area contributed by atoms with E-state index in [2.05, 4.69) is 49.4 Å². The van der Waals surface area contributed by atoms with Crippen LogP contribution in [-0.4, -0.2) is 83.8 Å². The zero-order chi connectivity index (χ0) is 22.1. The summed E-state index contributed by atoms with van der Waals surface area (Å²) in [6.07, 6.45) is 0.862. The van der Waals surface area contributed by atoms with Gasteiger partial charge in [-0.25, -0.2) is 15.0 Å². The molecule has 0 unspecified atom stereocenters. The molecule has 2 fully saturated rings. The van der Waals surface area contributed by atoms with Crippen LogP contribution in [0.2, 0.25) is 0 Å². The van der Waals surface area contributed by atoms with Gasteiger partial charge >= 0.3 is 0 Å². The Morgan fingerprint density at radius 3 is 2.53 bits per heavy atom. The van der Waals surface area contributed by atoms with Crippen LogP contribution in [-0.2, 0) is 11.3 Å². The van der Waals surface area contributed by atoms with Crippen molar-refractivity contribution in [2.75, 3.05) is 25.0 Å². The average Bonchev–Trinajstić information content (AvgIpc) is 3.37. The number of fused-ring (bicyclic) bond motifs is 1. The molecule has 170 valence electrons. The number of benzene rings is 1. The van der Waals surface area contributed by atoms with E-state index < -0.39 is 24.5 Å². The smallest absolute Gasteiger partial charge is 0.167 e. The minimum Gasteiger partial charge on any atom is -0.394 e. The molecule has 4 N–H and O–H groups in total. The minimum absolute atomic E-state index is 0.277. The predicted molar refractivity (Wildman–Crippen MR) is 117 cm³/mol. The SMILES string of the molecule is OC[C@H]1O[C@@H](n2cnc3c(NC4CCN(Cc5ccccc5)CC4)ncnc32)[C@H](O)[C@@H]1O. The summed E-state index contributed by atoms with van der Waals surface area (Å²) in [5.74, 6) is 0.641. The maximum absolute atomic E-state index is 10.4. The van der Waals surface area contributed by atoms with Crippen molar-refractivity contribution in [3.63, 3.8) is 0 Å². The van der Waals surface area contributed by atoms with Crippen LogP contribution < -0.4 is 5.32 Å². The second-order valence-electron chi connectivity index (χ2n) is 8.46. The summed E-state index contributed by atoms with van der Waals surface area (Å²) in [5.41, 5.74) is 2.41. The van der Waals surface area contributed by atoms with Crippen LogP contribution in [0.4, 0.5) is 5.82 Å². The molecule has 4 heterocycles. The number of ether oxygens (including phenoxy) is 1. The van der Waals surface area contributed by atoms with Gasteiger partial charge in [-0.2, -0.15) is 0 Å². The third-order valence-corrected chi connectivity index (χ3v) is 6.33. The van der Waals surface area contributed by atoms with Gasteiger partial charge in [-0.3, -0.25) is 9.47 Å². The predicted octanol–water partition coefficient (Wildman–Crippen LogP) is 0.514. The molecule has 10 heteroatoms. The number of nitrogens with one attached hydrogen (secondary N) is 1. The van der Waals surface area contributed by atoms with E-state index in [1.807, 2.05) is 6.07 Å². The van der Waals surface area contributed by atoms with Gasteiger partial charge < -0.3 is 25.4 Å². The van der Waals surface area contributed by atoms with E-state index in [1.54, 1.807) is 4.57 Å². The summed E-state index contributed by atoms with van der Waals surface area (Å²) >= 11 is 0. The minimum atomic E-state index is -1.19. The number of hydrogen-bond donors (Lipinski definition) is 4. The van der Waals surface area contributed by atoms with Crippen LogP contribution in [0.15, 0.2) is 43.0 Å². The highest BCUT2D eigenvalue weighted by molar-refractivity contribution is 5.82. The molecular weight excluding hydrogens is 412 g/mol. The maximum Gasteiger partial charge on any atom is 0.167 e. The molecular formula is C22H28N6O4. The first kappa shape index (κ1) is 21.2. The number of aliphatic hydroxyl groups excluding tert-OH is 3. The molecule has 0 spiro atoms. The summed E-state index contributed by atoms with van der Waals surface area (Å²) in [6.45, 7) is 2.57. The second-order valence-corrected chi connectivity index (χ2v) is 8.46. The Bertz CT molecular complexity index is 1040. The molecule has 2 saturated heterocycles. The van der Waals surface area contributed by atoms with Gasteiger partial charge in [0, 0.05) is 25.7 Å². The van der Waals surface area contributed by atoms with E-state index >= 15 is 0 Å². The lowest BCUT2D eigenvalue weighted by molar-refractivity contribution is -0.0511. The topological polar surface area (TPSA) is 129 Å². The average molecular weight is 441 g/mol. The summed E-state index contributed by atoms with van der Waals surface area (Å²) in [4.78, 5) is 15.6. The molecule has 3 aromatic rings. The van der Waals surface area contributed by atoms with Gasteiger partial charge in [0.15, 0.2) is 23.2 Å². The van der Waals surface area contributed by atoms with Crippen molar-refractivity contribution in [3.05, 3.63) is 48.5 Å². The fourth-order valence-electron chi connectivity index (χ4n) is 4.52. The van der Waals surface area contributed by atoms with E-state index in [-0.39, 0.29) is 12.6 Å². The van der Waals surface area contributed by atoms with Crippen molar-refractivity contribution in [1.82, 2.24) is 24.4 Å². The van der Waals surface area contributed by atoms with E-state index in [1.165, 1.54) is 18.2 Å². The van der Waals surface area contributed by atoms with Crippen molar-refractivity contribution in [1.29, 1.82) is 0 Å². The van der Waals surface area contributed by atoms with Gasteiger partial charge in [-0.1, -0.05) is 30.3 Å². The summed E-state index contributed by atoms with van der Waals surface area (Å²) in [5, 5.41) is 33.3. The number of rotatable bonds is 6. The van der Waals surface area contributed by atoms with Gasteiger partial charge in [-0.05, 0) is 18.4 Å². The van der Waals surface area contributed by atoms with Gasteiger partial charge in [0.05, 0.1) is 12.9 Å². The van der Waals surface area contributed by atoms with Crippen LogP contribution >= 0.6 is 0 Å². The fraction of sp³-hybridized carbons (Fsp3) is 0.500. The lowest BCUT2D eigenvalue weighted by Gasteiger charge is -2.32. The van der Waals surface area contributed by atoms with Crippen LogP contribution in [0.5, 0.6) is 0 Å². The van der Waals surface area contributed by atoms with Crippen molar-refractivity contribution in [2.45, 2.75) is 50.0 Å². The van der Waals surface area contributed by atoms with Crippen molar-refractivity contribution in [3.8, 4) is 0 Å². The Labute approximate surface area is 185 Å². The van der Waals surface area contributed by atoms with Crippen molar-refractivity contribution < 1.29 is 20.1 Å². The molecule has 4 atom stereocenters. The number of aromatic nitrogens is 4. The molecule has 2 aliphatic heterocycles. The second kappa shape index (κ2) is 9.08. The Morgan fingerprint density at radius 2 is 1.81 bits per heavy atom. The largest absolute Gasteiger partial charge is 0.394 e. The highest BCUT2D eigenvalue weighted by Crippen LogP contribution is 2.32. The Balaban J connectivity index is 1.26. The molecule has 0 aliphatic carbocycles. The van der Waals surface area contributed by atoms with Gasteiger partial charge in [-0.15, -0.1) is 0 Å². The molecule has 0 bridgehead atoms. The first-order valence-electron chi connectivity index (χ1n) is 11.0.